The maximum absolute atomic E-state index is 14.4. The summed E-state index contributed by atoms with van der Waals surface area (Å²) in [5, 5.41) is 1.84. The number of hydrogen-bond acceptors (Lipinski definition) is 8. The summed E-state index contributed by atoms with van der Waals surface area (Å²) in [5.41, 5.74) is 1.44. The Morgan fingerprint density at radius 3 is 2.59 bits per heavy atom. The topological polar surface area (TPSA) is 157 Å². The molecule has 1 amide bonds. The van der Waals surface area contributed by atoms with Gasteiger partial charge in [-0.1, -0.05) is 30.1 Å². The lowest BCUT2D eigenvalue weighted by molar-refractivity contribution is -0.138. The van der Waals surface area contributed by atoms with Crippen molar-refractivity contribution in [3.05, 3.63) is 71.8 Å². The minimum Gasteiger partial charge on any atom is -0.448 e. The number of nitrogens with two attached hydrogens (primary N) is 1. The Balaban J connectivity index is 1.75. The number of alkyl carbamates (subject to hydrolysis) is 1. The maximum Gasteiger partial charge on any atom is 0.416 e. The number of halogens is 5. The first-order valence-corrected chi connectivity index (χ1v) is 16.0. The monoisotopic (exact) mass is 679 g/mol. The summed E-state index contributed by atoms with van der Waals surface area (Å²) in [5.74, 6) is -0.274. The second-order valence-corrected chi connectivity index (χ2v) is 13.3. The highest BCUT2D eigenvalue weighted by atomic mass is 35.5. The molecule has 4 N–H and O–H groups in total. The molecule has 0 saturated carbocycles. The van der Waals surface area contributed by atoms with Gasteiger partial charge in [-0.3, -0.25) is 14.3 Å². The first-order chi connectivity index (χ1) is 20.7. The zero-order valence-electron chi connectivity index (χ0n) is 23.5. The van der Waals surface area contributed by atoms with Gasteiger partial charge in [0.1, 0.15) is 6.61 Å². The molecule has 44 heavy (non-hydrogen) atoms. The highest BCUT2D eigenvalue weighted by Gasteiger charge is 2.37. The van der Waals surface area contributed by atoms with Gasteiger partial charge < -0.3 is 20.8 Å². The van der Waals surface area contributed by atoms with E-state index < -0.39 is 61.9 Å². The first-order valence-electron chi connectivity index (χ1n) is 13.6. The van der Waals surface area contributed by atoms with Crippen LogP contribution < -0.4 is 22.3 Å². The molecule has 11 nitrogen and oxygen atoms in total. The average molecular weight is 681 g/mol. The number of rotatable bonds is 9. The lowest BCUT2D eigenvalue weighted by Gasteiger charge is -2.33. The van der Waals surface area contributed by atoms with Gasteiger partial charge in [0.2, 0.25) is 0 Å². The van der Waals surface area contributed by atoms with Crippen molar-refractivity contribution in [2.45, 2.75) is 50.0 Å². The van der Waals surface area contributed by atoms with Gasteiger partial charge in [0.25, 0.3) is 5.56 Å². The van der Waals surface area contributed by atoms with E-state index in [9.17, 15) is 36.0 Å². The van der Waals surface area contributed by atoms with Crippen molar-refractivity contribution in [2.24, 2.45) is 5.73 Å². The smallest absolute Gasteiger partial charge is 0.416 e. The minimum atomic E-state index is -4.92. The standard InChI is InChI=1S/C27H30Cl2F3N5O6S/c1-2-44(41,42)21-6-5-16(28)10-15(21)12-37-24(38)18-11-20(27(30,31)32)19(22(29)23(18)35-25(37)39)14-36-8-3-4-17(13-36)34-26(40)43-9-7-33/h5-6,10-11,17H,2-4,7-9,12-14,33H2,1H3,(H,34,40)(H,35,39)/t17-/m1/s1. The molecule has 240 valence electrons. The second kappa shape index (κ2) is 13.5. The number of H-pyrrole nitrogens is 1. The van der Waals surface area contributed by atoms with Gasteiger partial charge in [0.15, 0.2) is 9.84 Å². The van der Waals surface area contributed by atoms with Crippen LogP contribution >= 0.6 is 23.2 Å². The molecule has 1 aliphatic heterocycles. The lowest BCUT2D eigenvalue weighted by Crippen LogP contribution is -2.47. The van der Waals surface area contributed by atoms with Crippen molar-refractivity contribution in [2.75, 3.05) is 32.0 Å². The van der Waals surface area contributed by atoms with Crippen molar-refractivity contribution >= 4 is 50.0 Å². The third-order valence-corrected chi connectivity index (χ3v) is 9.73. The third-order valence-electron chi connectivity index (χ3n) is 7.25. The number of amides is 1. The van der Waals surface area contributed by atoms with E-state index in [0.29, 0.717) is 30.0 Å². The molecule has 0 radical (unpaired) electrons. The fourth-order valence-corrected chi connectivity index (χ4v) is 6.76. The van der Waals surface area contributed by atoms with Crippen LogP contribution in [0.1, 0.15) is 36.5 Å². The van der Waals surface area contributed by atoms with Crippen molar-refractivity contribution < 1.29 is 31.1 Å². The fourth-order valence-electron chi connectivity index (χ4n) is 5.15. The number of carbonyl (C=O) groups is 1. The van der Waals surface area contributed by atoms with Crippen LogP contribution in [-0.2, 0) is 33.8 Å². The zero-order chi connectivity index (χ0) is 32.4. The Morgan fingerprint density at radius 1 is 1.20 bits per heavy atom. The number of ether oxygens (including phenoxy) is 1. The molecule has 1 atom stereocenters. The third kappa shape index (κ3) is 7.40. The van der Waals surface area contributed by atoms with Gasteiger partial charge in [0.05, 0.1) is 38.7 Å². The number of alkyl halides is 3. The molecule has 0 unspecified atom stereocenters. The number of hydrogen-bond donors (Lipinski definition) is 3. The maximum atomic E-state index is 14.4. The fraction of sp³-hybridized carbons (Fsp3) is 0.444. The van der Waals surface area contributed by atoms with E-state index in [4.69, 9.17) is 33.7 Å². The van der Waals surface area contributed by atoms with Crippen LogP contribution in [0.25, 0.3) is 10.9 Å². The minimum absolute atomic E-state index is 0.0158. The second-order valence-electron chi connectivity index (χ2n) is 10.3. The van der Waals surface area contributed by atoms with Gasteiger partial charge >= 0.3 is 18.0 Å². The Hall–Kier alpha value is -3.11. The molecule has 1 aliphatic rings. The Morgan fingerprint density at radius 2 is 1.93 bits per heavy atom. The molecule has 1 aromatic heterocycles. The number of benzene rings is 2. The van der Waals surface area contributed by atoms with Crippen LogP contribution in [0.5, 0.6) is 0 Å². The van der Waals surface area contributed by atoms with E-state index >= 15 is 0 Å². The molecular weight excluding hydrogens is 650 g/mol. The molecule has 1 fully saturated rings. The molecule has 4 rings (SSSR count). The van der Waals surface area contributed by atoms with Crippen molar-refractivity contribution in [3.8, 4) is 0 Å². The first kappa shape index (κ1) is 33.8. The van der Waals surface area contributed by atoms with Crippen LogP contribution in [0.3, 0.4) is 0 Å². The number of nitrogens with zero attached hydrogens (tertiary/aromatic N) is 2. The van der Waals surface area contributed by atoms with Gasteiger partial charge in [-0.15, -0.1) is 0 Å². The van der Waals surface area contributed by atoms with Crippen LogP contribution in [-0.4, -0.2) is 67.0 Å². The SMILES string of the molecule is CCS(=O)(=O)c1ccc(Cl)cc1Cn1c(=O)[nH]c2c(Cl)c(CN3CCC[C@@H](NC(=O)OCCN)C3)c(C(F)(F)F)cc2c1=O. The van der Waals surface area contributed by atoms with E-state index in [-0.39, 0.29) is 58.6 Å². The van der Waals surface area contributed by atoms with Gasteiger partial charge in [-0.2, -0.15) is 13.2 Å². The van der Waals surface area contributed by atoms with Crippen molar-refractivity contribution in [1.82, 2.24) is 19.8 Å². The average Bonchev–Trinajstić information content (AvgIpc) is 2.95. The molecule has 2 aromatic carbocycles. The Labute approximate surface area is 260 Å². The zero-order valence-corrected chi connectivity index (χ0v) is 25.8. The highest BCUT2D eigenvalue weighted by Crippen LogP contribution is 2.39. The highest BCUT2D eigenvalue weighted by molar-refractivity contribution is 7.91. The molecule has 1 saturated heterocycles. The lowest BCUT2D eigenvalue weighted by atomic mass is 10.0. The summed E-state index contributed by atoms with van der Waals surface area (Å²) in [7, 11) is -3.80. The van der Waals surface area contributed by atoms with Crippen molar-refractivity contribution in [3.63, 3.8) is 0 Å². The predicted molar refractivity (Wildman–Crippen MR) is 159 cm³/mol. The number of likely N-dealkylation sites (tertiary alicyclic amines) is 1. The molecule has 3 aromatic rings. The number of nitrogens with one attached hydrogen (secondary N) is 2. The molecular formula is C27H30Cl2F3N5O6S. The van der Waals surface area contributed by atoms with Crippen molar-refractivity contribution in [1.29, 1.82) is 0 Å². The molecule has 0 aliphatic carbocycles. The van der Waals surface area contributed by atoms with Crippen LogP contribution in [0.4, 0.5) is 18.0 Å². The van der Waals surface area contributed by atoms with Crippen LogP contribution in [0.2, 0.25) is 10.0 Å². The summed E-state index contributed by atoms with van der Waals surface area (Å²) >= 11 is 12.5. The summed E-state index contributed by atoms with van der Waals surface area (Å²) in [6.45, 7) is 1.31. The predicted octanol–water partition coefficient (Wildman–Crippen LogP) is 3.51. The number of aromatic nitrogens is 2. The Bertz CT molecular complexity index is 1800. The number of fused-ring (bicyclic) bond motifs is 1. The van der Waals surface area contributed by atoms with E-state index in [1.54, 1.807) is 4.90 Å². The summed E-state index contributed by atoms with van der Waals surface area (Å²) in [6.07, 6.45) is -4.47. The quantitative estimate of drug-likeness (QED) is 0.310. The van der Waals surface area contributed by atoms with Gasteiger partial charge in [-0.25, -0.2) is 18.0 Å². The number of piperidine rings is 1. The van der Waals surface area contributed by atoms with E-state index in [0.717, 1.165) is 0 Å². The van der Waals surface area contributed by atoms with E-state index in [2.05, 4.69) is 10.3 Å². The molecule has 17 heteroatoms. The Kier molecular flexibility index (Phi) is 10.4. The largest absolute Gasteiger partial charge is 0.448 e. The molecule has 0 bridgehead atoms. The van der Waals surface area contributed by atoms with E-state index in [1.807, 2.05) is 0 Å². The molecule has 2 heterocycles. The van der Waals surface area contributed by atoms with Gasteiger partial charge in [0, 0.05) is 30.7 Å². The number of carbonyl (C=O) groups excluding carboxylic acids is 1. The normalized spacial score (nSPS) is 16.3. The molecule has 0 spiro atoms. The van der Waals surface area contributed by atoms with Crippen LogP contribution in [0, 0.1) is 0 Å². The van der Waals surface area contributed by atoms with Crippen LogP contribution in [0.15, 0.2) is 38.8 Å². The summed E-state index contributed by atoms with van der Waals surface area (Å²) in [4.78, 5) is 42.5. The number of aromatic amines is 1. The van der Waals surface area contributed by atoms with Gasteiger partial charge in [-0.05, 0) is 54.8 Å². The number of sulfone groups is 1. The summed E-state index contributed by atoms with van der Waals surface area (Å²) in [6, 6.07) is 4.09. The van der Waals surface area contributed by atoms with E-state index in [1.165, 1.54) is 25.1 Å². The summed E-state index contributed by atoms with van der Waals surface area (Å²) < 4.78 is 73.9.